The Morgan fingerprint density at radius 1 is 1.27 bits per heavy atom. The molecular formula is C17H28F3IN4O. The fourth-order valence-corrected chi connectivity index (χ4v) is 2.34. The van der Waals surface area contributed by atoms with Crippen molar-refractivity contribution in [2.75, 3.05) is 40.8 Å². The molecule has 0 spiro atoms. The number of ether oxygens (including phenoxy) is 1. The molecule has 26 heavy (non-hydrogen) atoms. The smallest absolute Gasteiger partial charge is 0.401 e. The summed E-state index contributed by atoms with van der Waals surface area (Å²) in [6.45, 7) is 2.53. The third-order valence-electron chi connectivity index (χ3n) is 3.57. The molecule has 150 valence electrons. The maximum atomic E-state index is 12.2. The third-order valence-corrected chi connectivity index (χ3v) is 3.57. The van der Waals surface area contributed by atoms with Crippen molar-refractivity contribution in [1.29, 1.82) is 0 Å². The van der Waals surface area contributed by atoms with Crippen LogP contribution in [0, 0.1) is 6.92 Å². The highest BCUT2D eigenvalue weighted by atomic mass is 127. The first-order chi connectivity index (χ1) is 11.7. The van der Waals surface area contributed by atoms with Crippen LogP contribution in [0.5, 0.6) is 5.75 Å². The zero-order valence-electron chi connectivity index (χ0n) is 15.6. The van der Waals surface area contributed by atoms with E-state index in [0.29, 0.717) is 32.0 Å². The molecule has 1 aromatic rings. The van der Waals surface area contributed by atoms with Crippen LogP contribution in [0.15, 0.2) is 23.2 Å². The lowest BCUT2D eigenvalue weighted by atomic mass is 10.1. The minimum absolute atomic E-state index is 0. The summed E-state index contributed by atoms with van der Waals surface area (Å²) in [5.74, 6) is 1.40. The summed E-state index contributed by atoms with van der Waals surface area (Å²) in [6, 6.07) is 5.95. The van der Waals surface area contributed by atoms with Crippen molar-refractivity contribution in [3.63, 3.8) is 0 Å². The lowest BCUT2D eigenvalue weighted by Crippen LogP contribution is -2.39. The molecule has 0 aliphatic rings. The van der Waals surface area contributed by atoms with E-state index < -0.39 is 12.7 Å². The molecule has 9 heteroatoms. The Balaban J connectivity index is 0.00000625. The zero-order chi connectivity index (χ0) is 18.9. The average Bonchev–Trinajstić information content (AvgIpc) is 2.53. The highest BCUT2D eigenvalue weighted by molar-refractivity contribution is 14.0. The van der Waals surface area contributed by atoms with Gasteiger partial charge in [0, 0.05) is 25.7 Å². The van der Waals surface area contributed by atoms with Gasteiger partial charge >= 0.3 is 6.18 Å². The van der Waals surface area contributed by atoms with Gasteiger partial charge in [-0.05, 0) is 38.6 Å². The predicted molar refractivity (Wildman–Crippen MR) is 110 cm³/mol. The number of methoxy groups -OCH3 is 1. The van der Waals surface area contributed by atoms with Crippen molar-refractivity contribution in [3.05, 3.63) is 29.3 Å². The number of halogens is 4. The number of alkyl halides is 3. The van der Waals surface area contributed by atoms with Gasteiger partial charge in [-0.2, -0.15) is 13.2 Å². The van der Waals surface area contributed by atoms with E-state index in [1.165, 1.54) is 11.9 Å². The van der Waals surface area contributed by atoms with E-state index in [4.69, 9.17) is 4.74 Å². The molecule has 1 aromatic carbocycles. The topological polar surface area (TPSA) is 48.9 Å². The molecule has 0 unspecified atom stereocenters. The Morgan fingerprint density at radius 2 is 1.96 bits per heavy atom. The molecule has 0 aliphatic heterocycles. The molecule has 1 rings (SSSR count). The Bertz CT molecular complexity index is 567. The van der Waals surface area contributed by atoms with Crippen LogP contribution in [0.25, 0.3) is 0 Å². The number of aliphatic imine (C=N–C) groups is 1. The first-order valence-electron chi connectivity index (χ1n) is 8.08. The molecule has 0 fully saturated rings. The second-order valence-electron chi connectivity index (χ2n) is 5.87. The Labute approximate surface area is 170 Å². The molecule has 0 saturated carbocycles. The second-order valence-corrected chi connectivity index (χ2v) is 5.87. The van der Waals surface area contributed by atoms with Crippen molar-refractivity contribution >= 4 is 29.9 Å². The van der Waals surface area contributed by atoms with Crippen LogP contribution in [0.3, 0.4) is 0 Å². The van der Waals surface area contributed by atoms with Crippen LogP contribution in [0.4, 0.5) is 13.2 Å². The lowest BCUT2D eigenvalue weighted by Gasteiger charge is -2.19. The number of rotatable bonds is 8. The van der Waals surface area contributed by atoms with Gasteiger partial charge in [-0.15, -0.1) is 24.0 Å². The minimum atomic E-state index is -4.16. The van der Waals surface area contributed by atoms with Crippen LogP contribution in [-0.4, -0.2) is 57.9 Å². The third kappa shape index (κ3) is 10.0. The van der Waals surface area contributed by atoms with Gasteiger partial charge < -0.3 is 15.4 Å². The van der Waals surface area contributed by atoms with Crippen LogP contribution in [0.2, 0.25) is 0 Å². The fourth-order valence-electron chi connectivity index (χ4n) is 2.34. The summed E-state index contributed by atoms with van der Waals surface area (Å²) in [5.41, 5.74) is 2.12. The monoisotopic (exact) mass is 488 g/mol. The van der Waals surface area contributed by atoms with Crippen LogP contribution >= 0.6 is 24.0 Å². The molecule has 0 radical (unpaired) electrons. The van der Waals surface area contributed by atoms with E-state index in [1.54, 1.807) is 14.2 Å². The summed E-state index contributed by atoms with van der Waals surface area (Å²) in [4.78, 5) is 5.37. The molecular weight excluding hydrogens is 460 g/mol. The van der Waals surface area contributed by atoms with Crippen molar-refractivity contribution in [3.8, 4) is 5.75 Å². The number of aryl methyl sites for hydroxylation is 1. The Hall–Kier alpha value is -1.23. The van der Waals surface area contributed by atoms with Crippen molar-refractivity contribution in [2.24, 2.45) is 4.99 Å². The molecule has 0 amide bonds. The number of benzene rings is 1. The maximum absolute atomic E-state index is 12.2. The summed E-state index contributed by atoms with van der Waals surface area (Å²) in [6.07, 6.45) is -3.58. The molecule has 0 atom stereocenters. The van der Waals surface area contributed by atoms with Gasteiger partial charge in [-0.1, -0.05) is 12.1 Å². The molecule has 0 saturated heterocycles. The quantitative estimate of drug-likeness (QED) is 0.256. The van der Waals surface area contributed by atoms with E-state index in [9.17, 15) is 13.2 Å². The van der Waals surface area contributed by atoms with Gasteiger partial charge in [0.1, 0.15) is 5.75 Å². The summed E-state index contributed by atoms with van der Waals surface area (Å²) >= 11 is 0. The van der Waals surface area contributed by atoms with Crippen LogP contribution in [0.1, 0.15) is 17.5 Å². The van der Waals surface area contributed by atoms with Crippen molar-refractivity contribution in [2.45, 2.75) is 26.1 Å². The maximum Gasteiger partial charge on any atom is 0.401 e. The fraction of sp³-hybridized carbons (Fsp3) is 0.588. The van der Waals surface area contributed by atoms with Gasteiger partial charge in [-0.25, -0.2) is 0 Å². The van der Waals surface area contributed by atoms with Crippen molar-refractivity contribution < 1.29 is 17.9 Å². The normalized spacial score (nSPS) is 11.9. The standard InChI is InChI=1S/C17H27F3N4O.HI/c1-13-6-7-14(15(10-13)25-4)11-23-16(21-2)22-8-5-9-24(3)12-17(18,19)20;/h6-7,10H,5,8-9,11-12H2,1-4H3,(H2,21,22,23);1H. The number of nitrogens with one attached hydrogen (secondary N) is 2. The van der Waals surface area contributed by atoms with Crippen LogP contribution < -0.4 is 15.4 Å². The van der Waals surface area contributed by atoms with Crippen LogP contribution in [-0.2, 0) is 6.54 Å². The first-order valence-corrected chi connectivity index (χ1v) is 8.08. The second kappa shape index (κ2) is 12.2. The number of guanidine groups is 1. The van der Waals surface area contributed by atoms with Gasteiger partial charge in [0.05, 0.1) is 13.7 Å². The van der Waals surface area contributed by atoms with E-state index in [0.717, 1.165) is 16.9 Å². The minimum Gasteiger partial charge on any atom is -0.496 e. The zero-order valence-corrected chi connectivity index (χ0v) is 17.9. The Kier molecular flexibility index (Phi) is 11.6. The van der Waals surface area contributed by atoms with Gasteiger partial charge in [0.25, 0.3) is 0 Å². The van der Waals surface area contributed by atoms with E-state index in [2.05, 4.69) is 15.6 Å². The molecule has 0 bridgehead atoms. The highest BCUT2D eigenvalue weighted by Gasteiger charge is 2.28. The summed E-state index contributed by atoms with van der Waals surface area (Å²) in [7, 11) is 4.74. The average molecular weight is 488 g/mol. The van der Waals surface area contributed by atoms with Gasteiger partial charge in [0.15, 0.2) is 5.96 Å². The first kappa shape index (κ1) is 24.8. The predicted octanol–water partition coefficient (Wildman–Crippen LogP) is 3.17. The largest absolute Gasteiger partial charge is 0.496 e. The van der Waals surface area contributed by atoms with Gasteiger partial charge in [0.2, 0.25) is 0 Å². The van der Waals surface area contributed by atoms with E-state index >= 15 is 0 Å². The summed E-state index contributed by atoms with van der Waals surface area (Å²) < 4.78 is 42.1. The molecule has 5 nitrogen and oxygen atoms in total. The molecule has 2 N–H and O–H groups in total. The van der Waals surface area contributed by atoms with E-state index in [1.807, 2.05) is 25.1 Å². The number of hydrogen-bond donors (Lipinski definition) is 2. The van der Waals surface area contributed by atoms with Crippen molar-refractivity contribution in [1.82, 2.24) is 15.5 Å². The number of nitrogens with zero attached hydrogens (tertiary/aromatic N) is 2. The molecule has 0 aliphatic carbocycles. The summed E-state index contributed by atoms with van der Waals surface area (Å²) in [5, 5.41) is 6.27. The lowest BCUT2D eigenvalue weighted by molar-refractivity contribution is -0.143. The SMILES string of the molecule is CN=C(NCCCN(C)CC(F)(F)F)NCc1ccc(C)cc1OC.I. The van der Waals surface area contributed by atoms with Gasteiger partial charge in [-0.3, -0.25) is 9.89 Å². The highest BCUT2D eigenvalue weighted by Crippen LogP contribution is 2.19. The number of hydrogen-bond acceptors (Lipinski definition) is 3. The molecule has 0 aromatic heterocycles. The Morgan fingerprint density at radius 3 is 2.54 bits per heavy atom. The van der Waals surface area contributed by atoms with E-state index in [-0.39, 0.29) is 24.0 Å². The molecule has 0 heterocycles.